The van der Waals surface area contributed by atoms with E-state index in [9.17, 15) is 0 Å². The van der Waals surface area contributed by atoms with E-state index in [0.717, 1.165) is 23.9 Å². The molecule has 3 heteroatoms. The van der Waals surface area contributed by atoms with Crippen molar-refractivity contribution in [1.29, 1.82) is 0 Å². The number of halogens is 1. The normalized spacial score (nSPS) is 30.2. The Morgan fingerprint density at radius 3 is 2.89 bits per heavy atom. The maximum atomic E-state index is 3.66. The molecule has 0 amide bonds. The summed E-state index contributed by atoms with van der Waals surface area (Å²) in [5, 5.41) is 3.49. The lowest BCUT2D eigenvalue weighted by atomic mass is 9.96. The smallest absolute Gasteiger partial charge is 0.110 e. The van der Waals surface area contributed by atoms with Gasteiger partial charge in [-0.15, -0.1) is 0 Å². The van der Waals surface area contributed by atoms with Crippen LogP contribution >= 0.6 is 15.9 Å². The van der Waals surface area contributed by atoms with Crippen LogP contribution in [0.3, 0.4) is 0 Å². The Morgan fingerprint density at radius 2 is 2.17 bits per heavy atom. The van der Waals surface area contributed by atoms with Gasteiger partial charge in [0.05, 0.1) is 0 Å². The first-order valence-electron chi connectivity index (χ1n) is 6.46. The lowest BCUT2D eigenvalue weighted by Crippen LogP contribution is -2.41. The molecule has 0 bridgehead atoms. The molecular formula is C15H17BrN2. The molecule has 94 valence electrons. The van der Waals surface area contributed by atoms with Crippen molar-refractivity contribution in [2.24, 2.45) is 5.92 Å². The predicted octanol–water partition coefficient (Wildman–Crippen LogP) is 3.78. The summed E-state index contributed by atoms with van der Waals surface area (Å²) in [5.74, 6) is 0.521. The van der Waals surface area contributed by atoms with Crippen LogP contribution in [0.1, 0.15) is 19.3 Å². The summed E-state index contributed by atoms with van der Waals surface area (Å²) in [6, 6.07) is 0. The first-order chi connectivity index (χ1) is 8.86. The van der Waals surface area contributed by atoms with E-state index < -0.39 is 0 Å². The van der Waals surface area contributed by atoms with Crippen molar-refractivity contribution < 1.29 is 0 Å². The van der Waals surface area contributed by atoms with Crippen molar-refractivity contribution in [3.63, 3.8) is 0 Å². The fourth-order valence-corrected chi connectivity index (χ4v) is 3.27. The zero-order chi connectivity index (χ0) is 12.4. The second kappa shape index (κ2) is 5.19. The molecule has 1 aliphatic heterocycles. The molecule has 0 saturated carbocycles. The molecule has 0 aromatic heterocycles. The number of allylic oxidation sites excluding steroid dienone is 7. The van der Waals surface area contributed by atoms with Crippen LogP contribution < -0.4 is 5.32 Å². The molecule has 0 fully saturated rings. The fraction of sp³-hybridized carbons (Fsp3) is 0.333. The topological polar surface area (TPSA) is 15.3 Å². The van der Waals surface area contributed by atoms with E-state index in [0.29, 0.717) is 12.1 Å². The molecule has 0 aromatic carbocycles. The Bertz CT molecular complexity index is 471. The van der Waals surface area contributed by atoms with Crippen molar-refractivity contribution in [3.8, 4) is 0 Å². The van der Waals surface area contributed by atoms with Gasteiger partial charge in [-0.25, -0.2) is 0 Å². The van der Waals surface area contributed by atoms with Gasteiger partial charge in [-0.3, -0.25) is 0 Å². The number of hydrogen-bond donors (Lipinski definition) is 1. The quantitative estimate of drug-likeness (QED) is 0.781. The van der Waals surface area contributed by atoms with Crippen LogP contribution in [0.5, 0.6) is 0 Å². The number of nitrogens with zero attached hydrogens (tertiary/aromatic N) is 1. The summed E-state index contributed by atoms with van der Waals surface area (Å²) in [4.78, 5) is 2.39. The molecule has 0 spiro atoms. The van der Waals surface area contributed by atoms with Crippen molar-refractivity contribution in [2.45, 2.75) is 25.4 Å². The lowest BCUT2D eigenvalue weighted by Gasteiger charge is -2.34. The van der Waals surface area contributed by atoms with Crippen LogP contribution in [0.2, 0.25) is 0 Å². The van der Waals surface area contributed by atoms with Crippen LogP contribution in [-0.2, 0) is 0 Å². The van der Waals surface area contributed by atoms with E-state index in [1.54, 1.807) is 0 Å². The third-order valence-electron chi connectivity index (χ3n) is 3.60. The third kappa shape index (κ3) is 2.19. The lowest BCUT2D eigenvalue weighted by molar-refractivity contribution is 0.261. The van der Waals surface area contributed by atoms with Crippen LogP contribution in [0.4, 0.5) is 0 Å². The number of hydrogen-bond acceptors (Lipinski definition) is 2. The van der Waals surface area contributed by atoms with Gasteiger partial charge in [-0.1, -0.05) is 36.5 Å². The molecule has 2 nitrogen and oxygen atoms in total. The minimum absolute atomic E-state index is 0.332. The SMILES string of the molecule is BrC1=CNC(C2C=CC=CC2)N1C1=CC=CCC1. The Balaban J connectivity index is 1.82. The minimum atomic E-state index is 0.332. The van der Waals surface area contributed by atoms with E-state index in [2.05, 4.69) is 74.9 Å². The highest BCUT2D eigenvalue weighted by Gasteiger charge is 2.32. The van der Waals surface area contributed by atoms with E-state index in [1.165, 1.54) is 5.70 Å². The summed E-state index contributed by atoms with van der Waals surface area (Å²) >= 11 is 3.66. The summed E-state index contributed by atoms with van der Waals surface area (Å²) < 4.78 is 1.14. The Labute approximate surface area is 117 Å². The van der Waals surface area contributed by atoms with E-state index >= 15 is 0 Å². The van der Waals surface area contributed by atoms with Crippen LogP contribution in [0, 0.1) is 5.92 Å². The molecule has 2 aliphatic carbocycles. The molecule has 0 saturated heterocycles. The van der Waals surface area contributed by atoms with Gasteiger partial charge < -0.3 is 10.2 Å². The third-order valence-corrected chi connectivity index (χ3v) is 4.21. The van der Waals surface area contributed by atoms with Crippen molar-refractivity contribution in [3.05, 3.63) is 59.0 Å². The molecule has 2 unspecified atom stereocenters. The first-order valence-corrected chi connectivity index (χ1v) is 7.25. The average Bonchev–Trinajstić information content (AvgIpc) is 2.83. The zero-order valence-corrected chi connectivity index (χ0v) is 11.8. The Hall–Kier alpha value is -1.22. The van der Waals surface area contributed by atoms with Gasteiger partial charge in [0, 0.05) is 17.8 Å². The molecule has 0 aromatic rings. The van der Waals surface area contributed by atoms with Gasteiger partial charge in [0.25, 0.3) is 0 Å². The van der Waals surface area contributed by atoms with Crippen molar-refractivity contribution in [2.75, 3.05) is 0 Å². The highest BCUT2D eigenvalue weighted by atomic mass is 79.9. The standard InChI is InChI=1S/C15H17BrN2/c16-14-11-17-15(12-7-3-1-4-8-12)18(14)13-9-5-2-6-10-13/h1-5,7,9,11-12,15,17H,6,8,10H2. The molecule has 3 aliphatic rings. The van der Waals surface area contributed by atoms with Crippen LogP contribution in [0.25, 0.3) is 0 Å². The Kier molecular flexibility index (Phi) is 3.41. The molecule has 2 atom stereocenters. The van der Waals surface area contributed by atoms with Gasteiger partial charge in [-0.05, 0) is 41.3 Å². The van der Waals surface area contributed by atoms with E-state index in [1.807, 2.05) is 0 Å². The van der Waals surface area contributed by atoms with Gasteiger partial charge in [0.1, 0.15) is 10.8 Å². The highest BCUT2D eigenvalue weighted by molar-refractivity contribution is 9.11. The summed E-state index contributed by atoms with van der Waals surface area (Å²) in [6.45, 7) is 0. The van der Waals surface area contributed by atoms with Gasteiger partial charge in [0.2, 0.25) is 0 Å². The first kappa shape index (κ1) is 11.8. The zero-order valence-electron chi connectivity index (χ0n) is 10.2. The average molecular weight is 305 g/mol. The summed E-state index contributed by atoms with van der Waals surface area (Å²) in [7, 11) is 0. The van der Waals surface area contributed by atoms with E-state index in [4.69, 9.17) is 0 Å². The van der Waals surface area contributed by atoms with Gasteiger partial charge >= 0.3 is 0 Å². The summed E-state index contributed by atoms with van der Waals surface area (Å²) in [6.07, 6.45) is 21.2. The molecule has 1 N–H and O–H groups in total. The Morgan fingerprint density at radius 1 is 1.22 bits per heavy atom. The number of rotatable bonds is 2. The highest BCUT2D eigenvalue weighted by Crippen LogP contribution is 2.34. The molecule has 3 rings (SSSR count). The fourth-order valence-electron chi connectivity index (χ4n) is 2.69. The van der Waals surface area contributed by atoms with Crippen LogP contribution in [0.15, 0.2) is 59.0 Å². The van der Waals surface area contributed by atoms with Crippen molar-refractivity contribution in [1.82, 2.24) is 10.2 Å². The largest absolute Gasteiger partial charge is 0.368 e. The minimum Gasteiger partial charge on any atom is -0.368 e. The van der Waals surface area contributed by atoms with Gasteiger partial charge in [-0.2, -0.15) is 0 Å². The van der Waals surface area contributed by atoms with Crippen molar-refractivity contribution >= 4 is 15.9 Å². The molecule has 1 heterocycles. The van der Waals surface area contributed by atoms with E-state index in [-0.39, 0.29) is 0 Å². The monoisotopic (exact) mass is 304 g/mol. The second-order valence-corrected chi connectivity index (χ2v) is 5.60. The van der Waals surface area contributed by atoms with Gasteiger partial charge in [0.15, 0.2) is 0 Å². The maximum absolute atomic E-state index is 3.66. The second-order valence-electron chi connectivity index (χ2n) is 4.79. The van der Waals surface area contributed by atoms with Crippen LogP contribution in [-0.4, -0.2) is 11.1 Å². The molecule has 0 radical (unpaired) electrons. The predicted molar refractivity (Wildman–Crippen MR) is 78.6 cm³/mol. The molecular weight excluding hydrogens is 288 g/mol. The maximum Gasteiger partial charge on any atom is 0.110 e. The number of nitrogens with one attached hydrogen (secondary N) is 1. The molecule has 18 heavy (non-hydrogen) atoms. The summed E-state index contributed by atoms with van der Waals surface area (Å²) in [5.41, 5.74) is 1.39.